The van der Waals surface area contributed by atoms with Gasteiger partial charge >= 0.3 is 5.97 Å². The average Bonchev–Trinajstić information content (AvgIpc) is 3.08. The van der Waals surface area contributed by atoms with Crippen molar-refractivity contribution in [3.05, 3.63) is 65.2 Å². The first-order valence-electron chi connectivity index (χ1n) is 9.79. The molecule has 1 aliphatic rings. The molecule has 0 bridgehead atoms. The van der Waals surface area contributed by atoms with E-state index in [1.807, 2.05) is 67.2 Å². The summed E-state index contributed by atoms with van der Waals surface area (Å²) in [6.07, 6.45) is 0.619. The first-order chi connectivity index (χ1) is 14.4. The van der Waals surface area contributed by atoms with Gasteiger partial charge in [-0.2, -0.15) is 15.0 Å². The summed E-state index contributed by atoms with van der Waals surface area (Å²) in [5.41, 5.74) is 3.08. The minimum atomic E-state index is -0.921. The lowest BCUT2D eigenvalue weighted by Crippen LogP contribution is -2.27. The molecule has 2 heterocycles. The van der Waals surface area contributed by atoms with Gasteiger partial charge in [-0.3, -0.25) is 0 Å². The number of carboxylic acids is 1. The number of carbonyl (C=O) groups is 1. The Hall–Kier alpha value is -3.68. The van der Waals surface area contributed by atoms with E-state index in [1.165, 1.54) is 0 Å². The highest BCUT2D eigenvalue weighted by molar-refractivity contribution is 5.92. The third-order valence-corrected chi connectivity index (χ3v) is 5.10. The van der Waals surface area contributed by atoms with Gasteiger partial charge < -0.3 is 20.2 Å². The quantitative estimate of drug-likeness (QED) is 0.646. The lowest BCUT2D eigenvalue weighted by molar-refractivity contribution is 0.0696. The molecular formula is C22H24N6O2. The minimum absolute atomic E-state index is 0.0277. The Labute approximate surface area is 175 Å². The Bertz CT molecular complexity index is 1070. The molecule has 0 aliphatic carbocycles. The average molecular weight is 404 g/mol. The maximum Gasteiger partial charge on any atom is 0.336 e. The third-order valence-electron chi connectivity index (χ3n) is 5.10. The zero-order chi connectivity index (χ0) is 21.3. The van der Waals surface area contributed by atoms with E-state index in [4.69, 9.17) is 0 Å². The van der Waals surface area contributed by atoms with E-state index in [0.717, 1.165) is 16.8 Å². The van der Waals surface area contributed by atoms with Crippen molar-refractivity contribution in [2.75, 3.05) is 29.2 Å². The highest BCUT2D eigenvalue weighted by Crippen LogP contribution is 2.39. The fourth-order valence-electron chi connectivity index (χ4n) is 3.66. The van der Waals surface area contributed by atoms with Gasteiger partial charge in [0.25, 0.3) is 0 Å². The maximum atomic E-state index is 11.7. The summed E-state index contributed by atoms with van der Waals surface area (Å²) in [5.74, 6) is 0.585. The van der Waals surface area contributed by atoms with Crippen LogP contribution in [-0.2, 0) is 13.0 Å². The first-order valence-corrected chi connectivity index (χ1v) is 9.79. The molecule has 0 spiro atoms. The molecule has 0 radical (unpaired) electrons. The number of nitrogens with zero attached hydrogens (tertiary/aromatic N) is 5. The summed E-state index contributed by atoms with van der Waals surface area (Å²) in [4.78, 5) is 29.3. The Balaban J connectivity index is 1.71. The molecule has 0 saturated heterocycles. The summed E-state index contributed by atoms with van der Waals surface area (Å²) in [6, 6.07) is 15.4. The molecule has 154 valence electrons. The van der Waals surface area contributed by atoms with Gasteiger partial charge in [0.05, 0.1) is 5.56 Å². The highest BCUT2D eigenvalue weighted by Gasteiger charge is 2.32. The lowest BCUT2D eigenvalue weighted by Gasteiger charge is -2.24. The first kappa shape index (κ1) is 19.6. The second-order valence-electron chi connectivity index (χ2n) is 7.52. The molecule has 0 fully saturated rings. The van der Waals surface area contributed by atoms with Crippen LogP contribution in [0.5, 0.6) is 0 Å². The molecule has 1 atom stereocenters. The van der Waals surface area contributed by atoms with Crippen LogP contribution in [0.3, 0.4) is 0 Å². The van der Waals surface area contributed by atoms with Crippen LogP contribution in [0.1, 0.15) is 28.4 Å². The van der Waals surface area contributed by atoms with Crippen LogP contribution in [0.25, 0.3) is 0 Å². The Morgan fingerprint density at radius 3 is 2.60 bits per heavy atom. The van der Waals surface area contributed by atoms with Crippen LogP contribution in [-0.4, -0.2) is 46.2 Å². The van der Waals surface area contributed by atoms with Gasteiger partial charge in [-0.15, -0.1) is 0 Å². The van der Waals surface area contributed by atoms with Crippen LogP contribution in [0.15, 0.2) is 48.5 Å². The molecule has 30 heavy (non-hydrogen) atoms. The second-order valence-corrected chi connectivity index (χ2v) is 7.52. The van der Waals surface area contributed by atoms with Crippen molar-refractivity contribution >= 4 is 29.5 Å². The van der Waals surface area contributed by atoms with Gasteiger partial charge in [-0.05, 0) is 36.6 Å². The number of carboxylic acid groups (broad SMARTS) is 1. The summed E-state index contributed by atoms with van der Waals surface area (Å²) in [5, 5.41) is 12.8. The number of rotatable bonds is 6. The lowest BCUT2D eigenvalue weighted by atomic mass is 10.0. The minimum Gasteiger partial charge on any atom is -0.478 e. The zero-order valence-electron chi connectivity index (χ0n) is 17.2. The largest absolute Gasteiger partial charge is 0.478 e. The van der Waals surface area contributed by atoms with Crippen molar-refractivity contribution in [1.29, 1.82) is 0 Å². The number of benzene rings is 2. The van der Waals surface area contributed by atoms with E-state index in [2.05, 4.69) is 20.3 Å². The van der Waals surface area contributed by atoms with Crippen molar-refractivity contribution in [2.24, 2.45) is 0 Å². The van der Waals surface area contributed by atoms with E-state index >= 15 is 0 Å². The Morgan fingerprint density at radius 1 is 1.13 bits per heavy atom. The molecule has 8 heteroatoms. The van der Waals surface area contributed by atoms with E-state index in [-0.39, 0.29) is 6.04 Å². The molecule has 1 aromatic heterocycles. The molecule has 1 aliphatic heterocycles. The molecule has 0 saturated carbocycles. The monoisotopic (exact) mass is 404 g/mol. The van der Waals surface area contributed by atoms with Gasteiger partial charge in [-0.25, -0.2) is 4.79 Å². The molecular weight excluding hydrogens is 380 g/mol. The summed E-state index contributed by atoms with van der Waals surface area (Å²) in [6.45, 7) is 2.63. The smallest absolute Gasteiger partial charge is 0.336 e. The number of anilines is 4. The number of hydrogen-bond donors (Lipinski definition) is 2. The number of aromatic nitrogens is 3. The normalized spacial score (nSPS) is 15.0. The maximum absolute atomic E-state index is 11.7. The highest BCUT2D eigenvalue weighted by atomic mass is 16.4. The van der Waals surface area contributed by atoms with Crippen molar-refractivity contribution in [2.45, 2.75) is 25.9 Å². The SMILES string of the molecule is CC1Cc2c(C(=O)O)cccc2N1c1nc(NCc2ccccc2)nc(N(C)C)n1. The van der Waals surface area contributed by atoms with E-state index in [9.17, 15) is 9.90 Å². The molecule has 2 aromatic carbocycles. The molecule has 8 nitrogen and oxygen atoms in total. The van der Waals surface area contributed by atoms with Crippen LogP contribution in [0.4, 0.5) is 23.5 Å². The standard InChI is InChI=1S/C22H24N6O2/c1-14-12-17-16(19(29)30)10-7-11-18(17)28(14)22-25-20(24-21(26-22)27(2)3)23-13-15-8-5-4-6-9-15/h4-11,14H,12-13H2,1-3H3,(H,29,30)(H,23,24,25,26). The molecule has 4 rings (SSSR count). The number of nitrogens with one attached hydrogen (secondary N) is 1. The summed E-state index contributed by atoms with van der Waals surface area (Å²) < 4.78 is 0. The Kier molecular flexibility index (Phi) is 5.22. The van der Waals surface area contributed by atoms with Gasteiger partial charge in [0.15, 0.2) is 0 Å². The zero-order valence-corrected chi connectivity index (χ0v) is 17.2. The predicted octanol–water partition coefficient (Wildman–Crippen LogP) is 3.33. The van der Waals surface area contributed by atoms with Gasteiger partial charge in [-0.1, -0.05) is 36.4 Å². The van der Waals surface area contributed by atoms with Crippen LogP contribution in [0.2, 0.25) is 0 Å². The van der Waals surface area contributed by atoms with E-state index in [1.54, 1.807) is 12.1 Å². The van der Waals surface area contributed by atoms with Gasteiger partial charge in [0, 0.05) is 32.4 Å². The Morgan fingerprint density at radius 2 is 1.90 bits per heavy atom. The van der Waals surface area contributed by atoms with Gasteiger partial charge in [0.2, 0.25) is 17.8 Å². The van der Waals surface area contributed by atoms with Crippen LogP contribution >= 0.6 is 0 Å². The summed E-state index contributed by atoms with van der Waals surface area (Å²) in [7, 11) is 3.76. The topological polar surface area (TPSA) is 94.5 Å². The number of aromatic carboxylic acids is 1. The number of hydrogen-bond acceptors (Lipinski definition) is 7. The number of fused-ring (bicyclic) bond motifs is 1. The van der Waals surface area contributed by atoms with Crippen molar-refractivity contribution in [3.8, 4) is 0 Å². The van der Waals surface area contributed by atoms with Crippen LogP contribution in [0, 0.1) is 0 Å². The molecule has 3 aromatic rings. The van der Waals surface area contributed by atoms with Gasteiger partial charge in [0.1, 0.15) is 0 Å². The summed E-state index contributed by atoms with van der Waals surface area (Å²) >= 11 is 0. The van der Waals surface area contributed by atoms with Crippen molar-refractivity contribution in [3.63, 3.8) is 0 Å². The van der Waals surface area contributed by atoms with E-state index in [0.29, 0.717) is 36.4 Å². The molecule has 2 N–H and O–H groups in total. The van der Waals surface area contributed by atoms with E-state index < -0.39 is 5.97 Å². The second kappa shape index (κ2) is 7.98. The fraction of sp³-hybridized carbons (Fsp3) is 0.273. The molecule has 1 unspecified atom stereocenters. The predicted molar refractivity (Wildman–Crippen MR) is 117 cm³/mol. The molecule has 0 amide bonds. The fourth-order valence-corrected chi connectivity index (χ4v) is 3.66. The third kappa shape index (κ3) is 3.76. The van der Waals surface area contributed by atoms with Crippen LogP contribution < -0.4 is 15.1 Å². The van der Waals surface area contributed by atoms with Crippen molar-refractivity contribution in [1.82, 2.24) is 15.0 Å². The van der Waals surface area contributed by atoms with Crippen molar-refractivity contribution < 1.29 is 9.90 Å².